The molecule has 4 rings (SSSR count). The fourth-order valence-electron chi connectivity index (χ4n) is 5.00. The Labute approximate surface area is 164 Å². The van der Waals surface area contributed by atoms with Gasteiger partial charge in [0.15, 0.2) is 0 Å². The molecule has 0 radical (unpaired) electrons. The van der Waals surface area contributed by atoms with Crippen molar-refractivity contribution in [1.82, 2.24) is 10.2 Å². The lowest BCUT2D eigenvalue weighted by atomic mass is 9.70. The number of nitrogens with zero attached hydrogens (tertiary/aromatic N) is 1. The summed E-state index contributed by atoms with van der Waals surface area (Å²) < 4.78 is 18.5. The Morgan fingerprint density at radius 1 is 1.21 bits per heavy atom. The van der Waals surface area contributed by atoms with E-state index in [-0.39, 0.29) is 48.3 Å². The number of amides is 1. The molecule has 0 spiro atoms. The first-order valence-corrected chi connectivity index (χ1v) is 10.1. The van der Waals surface area contributed by atoms with Crippen molar-refractivity contribution < 1.29 is 18.7 Å². The lowest BCUT2D eigenvalue weighted by Crippen LogP contribution is -2.64. The number of benzene rings is 1. The smallest absolute Gasteiger partial charge is 0.238 e. The lowest BCUT2D eigenvalue weighted by Gasteiger charge is -2.48. The summed E-state index contributed by atoms with van der Waals surface area (Å²) in [6.07, 6.45) is 3.83. The summed E-state index contributed by atoms with van der Waals surface area (Å²) in [7, 11) is 1.72. The molecule has 3 fully saturated rings. The van der Waals surface area contributed by atoms with E-state index in [1.165, 1.54) is 12.1 Å². The third-order valence-corrected chi connectivity index (χ3v) is 6.49. The second kappa shape index (κ2) is 8.27. The minimum Gasteiger partial charge on any atom is -0.381 e. The van der Waals surface area contributed by atoms with Crippen LogP contribution in [0.2, 0.25) is 0 Å². The summed E-state index contributed by atoms with van der Waals surface area (Å²) in [6, 6.07) is 6.22. The van der Waals surface area contributed by atoms with Gasteiger partial charge in [-0.3, -0.25) is 14.5 Å². The van der Waals surface area contributed by atoms with Crippen LogP contribution in [0.4, 0.5) is 10.1 Å². The van der Waals surface area contributed by atoms with E-state index in [1.54, 1.807) is 19.2 Å². The highest BCUT2D eigenvalue weighted by atomic mass is 19.1. The molecule has 2 heterocycles. The van der Waals surface area contributed by atoms with Crippen molar-refractivity contribution in [2.75, 3.05) is 32.1 Å². The molecule has 0 bridgehead atoms. The summed E-state index contributed by atoms with van der Waals surface area (Å²) in [6.45, 7) is 1.63. The number of methoxy groups -OCH3 is 1. The van der Waals surface area contributed by atoms with Crippen LogP contribution < -0.4 is 10.6 Å². The van der Waals surface area contributed by atoms with Crippen molar-refractivity contribution in [3.05, 3.63) is 30.1 Å². The molecular formula is C21H28FN3O3. The predicted molar refractivity (Wildman–Crippen MR) is 103 cm³/mol. The van der Waals surface area contributed by atoms with E-state index < -0.39 is 0 Å². The van der Waals surface area contributed by atoms with E-state index in [0.29, 0.717) is 18.0 Å². The number of carbonyl (C=O) groups is 2. The van der Waals surface area contributed by atoms with Crippen LogP contribution in [0, 0.1) is 17.7 Å². The number of piperidine rings is 2. The van der Waals surface area contributed by atoms with Gasteiger partial charge in [-0.05, 0) is 49.9 Å². The Balaban J connectivity index is 1.34. The zero-order valence-electron chi connectivity index (χ0n) is 16.2. The van der Waals surface area contributed by atoms with E-state index in [9.17, 15) is 14.0 Å². The SMILES string of the molecule is COC1CCC2NC3CCN(CC(=O)Nc4ccc(F)cc4)CC3C(=O)C2C1. The van der Waals surface area contributed by atoms with Crippen LogP contribution in [-0.4, -0.2) is 61.5 Å². The lowest BCUT2D eigenvalue weighted by molar-refractivity contribution is -0.138. The van der Waals surface area contributed by atoms with Crippen LogP contribution in [0.1, 0.15) is 25.7 Å². The minimum atomic E-state index is -0.333. The van der Waals surface area contributed by atoms with Gasteiger partial charge in [-0.15, -0.1) is 0 Å². The van der Waals surface area contributed by atoms with Gasteiger partial charge in [0.1, 0.15) is 11.6 Å². The maximum Gasteiger partial charge on any atom is 0.238 e. The average molecular weight is 389 g/mol. The van der Waals surface area contributed by atoms with Crippen molar-refractivity contribution in [3.63, 3.8) is 0 Å². The molecule has 2 N–H and O–H groups in total. The van der Waals surface area contributed by atoms with Crippen molar-refractivity contribution in [2.24, 2.45) is 11.8 Å². The minimum absolute atomic E-state index is 0.0212. The van der Waals surface area contributed by atoms with Crippen LogP contribution >= 0.6 is 0 Å². The molecule has 1 aromatic rings. The summed E-state index contributed by atoms with van der Waals surface area (Å²) >= 11 is 0. The summed E-state index contributed by atoms with van der Waals surface area (Å²) in [5.74, 6) is -0.187. The fourth-order valence-corrected chi connectivity index (χ4v) is 5.00. The van der Waals surface area contributed by atoms with E-state index in [4.69, 9.17) is 4.74 Å². The molecule has 28 heavy (non-hydrogen) atoms. The first kappa shape index (κ1) is 19.5. The third-order valence-electron chi connectivity index (χ3n) is 6.49. The Bertz CT molecular complexity index is 726. The van der Waals surface area contributed by atoms with Crippen LogP contribution in [0.3, 0.4) is 0 Å². The zero-order chi connectivity index (χ0) is 19.7. The van der Waals surface area contributed by atoms with E-state index in [0.717, 1.165) is 32.2 Å². The highest BCUT2D eigenvalue weighted by molar-refractivity contribution is 5.92. The van der Waals surface area contributed by atoms with Gasteiger partial charge in [-0.25, -0.2) is 4.39 Å². The number of fused-ring (bicyclic) bond motifs is 2. The Hall–Kier alpha value is -1.83. The molecule has 1 amide bonds. The van der Waals surface area contributed by atoms with Gasteiger partial charge in [-0.2, -0.15) is 0 Å². The maximum atomic E-state index is 13.2. The molecule has 2 saturated heterocycles. The zero-order valence-corrected chi connectivity index (χ0v) is 16.2. The molecule has 3 aliphatic rings. The number of ketones is 1. The van der Waals surface area contributed by atoms with Crippen molar-refractivity contribution in [2.45, 2.75) is 43.9 Å². The van der Waals surface area contributed by atoms with Gasteiger partial charge in [0.05, 0.1) is 12.6 Å². The predicted octanol–water partition coefficient (Wildman–Crippen LogP) is 1.81. The van der Waals surface area contributed by atoms with E-state index >= 15 is 0 Å². The molecule has 2 aliphatic heterocycles. The monoisotopic (exact) mass is 389 g/mol. The number of anilines is 1. The van der Waals surface area contributed by atoms with Gasteiger partial charge in [0.25, 0.3) is 0 Å². The number of halogens is 1. The molecule has 152 valence electrons. The number of hydrogen-bond acceptors (Lipinski definition) is 5. The fraction of sp³-hybridized carbons (Fsp3) is 0.619. The van der Waals surface area contributed by atoms with E-state index in [1.807, 2.05) is 0 Å². The number of carbonyl (C=O) groups excluding carboxylic acids is 2. The number of likely N-dealkylation sites (tertiary alicyclic amines) is 1. The number of Topliss-reactive ketones (excluding diaryl/α,β-unsaturated/α-hetero) is 1. The Kier molecular flexibility index (Phi) is 5.75. The first-order valence-electron chi connectivity index (χ1n) is 10.1. The topological polar surface area (TPSA) is 70.7 Å². The van der Waals surface area contributed by atoms with Crippen molar-refractivity contribution in [3.8, 4) is 0 Å². The molecule has 6 nitrogen and oxygen atoms in total. The van der Waals surface area contributed by atoms with Gasteiger partial charge in [-0.1, -0.05) is 0 Å². The van der Waals surface area contributed by atoms with Gasteiger partial charge < -0.3 is 15.4 Å². The number of ether oxygens (including phenoxy) is 1. The standard InChI is InChI=1S/C21H28FN3O3/c1-28-15-6-7-18-16(10-15)21(27)17-11-25(9-8-19(17)24-18)12-20(26)23-14-4-2-13(22)3-5-14/h2-5,15-19,24H,6-12H2,1H3,(H,23,26). The third kappa shape index (κ3) is 4.11. The van der Waals surface area contributed by atoms with Gasteiger partial charge >= 0.3 is 0 Å². The summed E-state index contributed by atoms with van der Waals surface area (Å²) in [5.41, 5.74) is 0.576. The molecule has 0 aromatic heterocycles. The second-order valence-electron chi connectivity index (χ2n) is 8.24. The van der Waals surface area contributed by atoms with Crippen LogP contribution in [0.5, 0.6) is 0 Å². The number of rotatable bonds is 4. The average Bonchev–Trinajstić information content (AvgIpc) is 2.70. The quantitative estimate of drug-likeness (QED) is 0.822. The summed E-state index contributed by atoms with van der Waals surface area (Å²) in [4.78, 5) is 27.6. The molecule has 1 aromatic carbocycles. The molecule has 1 aliphatic carbocycles. The number of nitrogens with one attached hydrogen (secondary N) is 2. The normalized spacial score (nSPS) is 33.1. The van der Waals surface area contributed by atoms with Crippen LogP contribution in [-0.2, 0) is 14.3 Å². The summed E-state index contributed by atoms with van der Waals surface area (Å²) in [5, 5.41) is 6.51. The van der Waals surface area contributed by atoms with Gasteiger partial charge in [0, 0.05) is 49.8 Å². The molecule has 5 atom stereocenters. The van der Waals surface area contributed by atoms with Crippen LogP contribution in [0.25, 0.3) is 0 Å². The number of hydrogen-bond donors (Lipinski definition) is 2. The largest absolute Gasteiger partial charge is 0.381 e. The molecule has 5 unspecified atom stereocenters. The van der Waals surface area contributed by atoms with Crippen molar-refractivity contribution >= 4 is 17.4 Å². The molecule has 7 heteroatoms. The Morgan fingerprint density at radius 3 is 2.71 bits per heavy atom. The second-order valence-corrected chi connectivity index (χ2v) is 8.24. The molecule has 1 saturated carbocycles. The highest BCUT2D eigenvalue weighted by Gasteiger charge is 2.47. The first-order chi connectivity index (χ1) is 13.5. The van der Waals surface area contributed by atoms with Gasteiger partial charge in [0.2, 0.25) is 5.91 Å². The van der Waals surface area contributed by atoms with Crippen molar-refractivity contribution in [1.29, 1.82) is 0 Å². The Morgan fingerprint density at radius 2 is 1.96 bits per heavy atom. The van der Waals surface area contributed by atoms with Crippen LogP contribution in [0.15, 0.2) is 24.3 Å². The maximum absolute atomic E-state index is 13.2. The molecular weight excluding hydrogens is 361 g/mol. The highest BCUT2D eigenvalue weighted by Crippen LogP contribution is 2.36. The van der Waals surface area contributed by atoms with E-state index in [2.05, 4.69) is 15.5 Å².